The summed E-state index contributed by atoms with van der Waals surface area (Å²) in [5.74, 6) is 0. The Hall–Kier alpha value is -0.630. The van der Waals surface area contributed by atoms with Crippen molar-refractivity contribution in [3.63, 3.8) is 0 Å². The molecule has 0 aliphatic rings. The molecule has 1 rings (SSSR count). The predicted octanol–water partition coefficient (Wildman–Crippen LogP) is 0.123. The van der Waals surface area contributed by atoms with Crippen molar-refractivity contribution in [3.8, 4) is 0 Å². The van der Waals surface area contributed by atoms with Gasteiger partial charge in [-0.2, -0.15) is 0 Å². The van der Waals surface area contributed by atoms with E-state index >= 15 is 0 Å². The van der Waals surface area contributed by atoms with Crippen LogP contribution >= 0.6 is 11.6 Å². The maximum absolute atomic E-state index is 11.8. The lowest BCUT2D eigenvalue weighted by molar-refractivity contribution is 0.253. The first kappa shape index (κ1) is 13.4. The van der Waals surface area contributed by atoms with Gasteiger partial charge >= 0.3 is 0 Å². The van der Waals surface area contributed by atoms with E-state index < -0.39 is 16.1 Å². The molecule has 0 aliphatic carbocycles. The first-order chi connectivity index (χ1) is 7.42. The highest BCUT2D eigenvalue weighted by molar-refractivity contribution is 7.89. The number of hydrogen-bond donors (Lipinski definition) is 2. The summed E-state index contributed by atoms with van der Waals surface area (Å²) in [5.41, 5.74) is 0. The molecule has 0 unspecified atom stereocenters. The molecule has 0 fully saturated rings. The lowest BCUT2D eigenvalue weighted by atomic mass is 10.3. The maximum atomic E-state index is 11.8. The molecule has 92 valence electrons. The summed E-state index contributed by atoms with van der Waals surface area (Å²) in [7, 11) is -2.17. The van der Waals surface area contributed by atoms with Crippen molar-refractivity contribution in [1.29, 1.82) is 0 Å². The standard InChI is InChI=1S/C8H14ClN3O3S/c1-3-6(4-13)11-16(14,15)8-7(9)12(2)5-10-8/h5-6,11,13H,3-4H2,1-2H3/t6-/m0/s1. The number of aliphatic hydroxyl groups excluding tert-OH is 1. The predicted molar refractivity (Wildman–Crippen MR) is 59.7 cm³/mol. The van der Waals surface area contributed by atoms with Gasteiger partial charge in [-0.15, -0.1) is 0 Å². The number of hydrogen-bond acceptors (Lipinski definition) is 4. The van der Waals surface area contributed by atoms with Gasteiger partial charge in [0, 0.05) is 13.1 Å². The third kappa shape index (κ3) is 2.73. The molecule has 1 aromatic rings. The van der Waals surface area contributed by atoms with E-state index in [9.17, 15) is 8.42 Å². The van der Waals surface area contributed by atoms with Gasteiger partial charge in [-0.1, -0.05) is 18.5 Å². The molecule has 0 saturated heterocycles. The first-order valence-electron chi connectivity index (χ1n) is 4.72. The first-order valence-corrected chi connectivity index (χ1v) is 6.58. The molecule has 1 atom stereocenters. The molecule has 0 bridgehead atoms. The van der Waals surface area contributed by atoms with Crippen molar-refractivity contribution in [2.24, 2.45) is 7.05 Å². The number of nitrogens with zero attached hydrogens (tertiary/aromatic N) is 2. The molecule has 0 saturated carbocycles. The average molecular weight is 268 g/mol. The molecule has 8 heteroatoms. The van der Waals surface area contributed by atoms with Gasteiger partial charge in [-0.3, -0.25) is 0 Å². The van der Waals surface area contributed by atoms with Gasteiger partial charge in [0.2, 0.25) is 5.03 Å². The van der Waals surface area contributed by atoms with Gasteiger partial charge in [-0.25, -0.2) is 18.1 Å². The average Bonchev–Trinajstić information content (AvgIpc) is 2.57. The SMILES string of the molecule is CC[C@@H](CO)NS(=O)(=O)c1ncn(C)c1Cl. The van der Waals surface area contributed by atoms with E-state index in [1.54, 1.807) is 14.0 Å². The van der Waals surface area contributed by atoms with Crippen molar-refractivity contribution in [2.75, 3.05) is 6.61 Å². The minimum absolute atomic E-state index is 0.0419. The van der Waals surface area contributed by atoms with E-state index in [-0.39, 0.29) is 16.8 Å². The molecule has 0 radical (unpaired) electrons. The Bertz CT molecular complexity index is 453. The summed E-state index contributed by atoms with van der Waals surface area (Å²) in [6, 6.07) is -0.525. The number of nitrogens with one attached hydrogen (secondary N) is 1. The van der Waals surface area contributed by atoms with Crippen LogP contribution in [0.25, 0.3) is 0 Å². The molecular formula is C8H14ClN3O3S. The summed E-state index contributed by atoms with van der Waals surface area (Å²) >= 11 is 5.78. The maximum Gasteiger partial charge on any atom is 0.261 e. The number of aliphatic hydroxyl groups is 1. The summed E-state index contributed by atoms with van der Waals surface area (Å²) in [4.78, 5) is 3.71. The zero-order chi connectivity index (χ0) is 12.3. The second-order valence-corrected chi connectivity index (χ2v) is 5.35. The van der Waals surface area contributed by atoms with E-state index in [1.165, 1.54) is 10.9 Å². The van der Waals surface area contributed by atoms with E-state index in [0.29, 0.717) is 6.42 Å². The van der Waals surface area contributed by atoms with Gasteiger partial charge < -0.3 is 9.67 Å². The monoisotopic (exact) mass is 267 g/mol. The minimum Gasteiger partial charge on any atom is -0.395 e. The number of aryl methyl sites for hydroxylation is 1. The topological polar surface area (TPSA) is 84.2 Å². The summed E-state index contributed by atoms with van der Waals surface area (Å²) in [6.07, 6.45) is 1.80. The fourth-order valence-corrected chi connectivity index (χ4v) is 2.84. The number of halogens is 1. The number of aromatic nitrogens is 2. The van der Waals surface area contributed by atoms with Crippen molar-refractivity contribution in [2.45, 2.75) is 24.4 Å². The molecule has 0 aromatic carbocycles. The van der Waals surface area contributed by atoms with Crippen LogP contribution in [0.4, 0.5) is 0 Å². The number of imidazole rings is 1. The molecule has 0 amide bonds. The Morgan fingerprint density at radius 2 is 2.31 bits per heavy atom. The Morgan fingerprint density at radius 1 is 1.69 bits per heavy atom. The normalized spacial score (nSPS) is 14.0. The summed E-state index contributed by atoms with van der Waals surface area (Å²) < 4.78 is 27.3. The lowest BCUT2D eigenvalue weighted by Gasteiger charge is -2.13. The van der Waals surface area contributed by atoms with Crippen LogP contribution in [-0.4, -0.2) is 35.7 Å². The van der Waals surface area contributed by atoms with E-state index in [1.807, 2.05) is 0 Å². The molecule has 2 N–H and O–H groups in total. The highest BCUT2D eigenvalue weighted by Crippen LogP contribution is 2.18. The highest BCUT2D eigenvalue weighted by atomic mass is 35.5. The third-order valence-electron chi connectivity index (χ3n) is 2.12. The van der Waals surface area contributed by atoms with Crippen molar-refractivity contribution in [3.05, 3.63) is 11.5 Å². The Kier molecular flexibility index (Phi) is 4.31. The summed E-state index contributed by atoms with van der Waals surface area (Å²) in [6.45, 7) is 1.50. The Morgan fingerprint density at radius 3 is 2.69 bits per heavy atom. The van der Waals surface area contributed by atoms with E-state index in [0.717, 1.165) is 0 Å². The molecule has 0 aliphatic heterocycles. The van der Waals surface area contributed by atoms with Crippen LogP contribution in [0.15, 0.2) is 11.4 Å². The zero-order valence-electron chi connectivity index (χ0n) is 9.01. The van der Waals surface area contributed by atoms with Crippen LogP contribution in [0.1, 0.15) is 13.3 Å². The third-order valence-corrected chi connectivity index (χ3v) is 4.13. The molecule has 6 nitrogen and oxygen atoms in total. The van der Waals surface area contributed by atoms with E-state index in [4.69, 9.17) is 16.7 Å². The quantitative estimate of drug-likeness (QED) is 0.794. The number of sulfonamides is 1. The lowest BCUT2D eigenvalue weighted by Crippen LogP contribution is -2.37. The van der Waals surface area contributed by atoms with Crippen molar-refractivity contribution < 1.29 is 13.5 Å². The Labute approximate surface area is 99.3 Å². The largest absolute Gasteiger partial charge is 0.395 e. The van der Waals surface area contributed by atoms with E-state index in [2.05, 4.69) is 9.71 Å². The van der Waals surface area contributed by atoms with Crippen LogP contribution < -0.4 is 4.72 Å². The molecule has 1 heterocycles. The minimum atomic E-state index is -3.77. The molecule has 1 aromatic heterocycles. The van der Waals surface area contributed by atoms with Crippen LogP contribution in [0.3, 0.4) is 0 Å². The smallest absolute Gasteiger partial charge is 0.261 e. The Balaban J connectivity index is 2.99. The van der Waals surface area contributed by atoms with Crippen LogP contribution in [-0.2, 0) is 17.1 Å². The number of rotatable bonds is 5. The van der Waals surface area contributed by atoms with Crippen molar-refractivity contribution >= 4 is 21.6 Å². The molecule has 16 heavy (non-hydrogen) atoms. The fraction of sp³-hybridized carbons (Fsp3) is 0.625. The van der Waals surface area contributed by atoms with Gasteiger partial charge in [0.15, 0.2) is 0 Å². The van der Waals surface area contributed by atoms with Gasteiger partial charge in [0.05, 0.1) is 12.9 Å². The van der Waals surface area contributed by atoms with Crippen LogP contribution in [0.5, 0.6) is 0 Å². The van der Waals surface area contributed by atoms with Gasteiger partial charge in [0.1, 0.15) is 5.15 Å². The second-order valence-electron chi connectivity index (χ2n) is 3.36. The van der Waals surface area contributed by atoms with Crippen molar-refractivity contribution in [1.82, 2.24) is 14.3 Å². The molecular weight excluding hydrogens is 254 g/mol. The summed E-state index contributed by atoms with van der Waals surface area (Å²) in [5, 5.41) is 8.75. The zero-order valence-corrected chi connectivity index (χ0v) is 10.6. The van der Waals surface area contributed by atoms with Gasteiger partial charge in [-0.05, 0) is 6.42 Å². The second kappa shape index (κ2) is 5.13. The van der Waals surface area contributed by atoms with Crippen LogP contribution in [0.2, 0.25) is 5.15 Å². The molecule has 0 spiro atoms. The van der Waals surface area contributed by atoms with Crippen LogP contribution in [0, 0.1) is 0 Å². The van der Waals surface area contributed by atoms with Gasteiger partial charge in [0.25, 0.3) is 10.0 Å². The highest BCUT2D eigenvalue weighted by Gasteiger charge is 2.24. The fourth-order valence-electron chi connectivity index (χ4n) is 1.10.